The van der Waals surface area contributed by atoms with E-state index < -0.39 is 0 Å². The van der Waals surface area contributed by atoms with Crippen molar-refractivity contribution in [2.24, 2.45) is 0 Å². The second kappa shape index (κ2) is 8.44. The first-order valence-electron chi connectivity index (χ1n) is 10.6. The predicted molar refractivity (Wildman–Crippen MR) is 118 cm³/mol. The predicted octanol–water partition coefficient (Wildman–Crippen LogP) is 5.77. The van der Waals surface area contributed by atoms with E-state index in [0.717, 1.165) is 36.7 Å². The molecule has 0 unspecified atom stereocenters. The lowest BCUT2D eigenvalue weighted by atomic mass is 9.95. The van der Waals surface area contributed by atoms with Gasteiger partial charge in [-0.2, -0.15) is 0 Å². The van der Waals surface area contributed by atoms with Crippen LogP contribution in [0.25, 0.3) is 11.5 Å². The number of methoxy groups -OCH3 is 1. The van der Waals surface area contributed by atoms with Gasteiger partial charge in [-0.1, -0.05) is 30.2 Å². The van der Waals surface area contributed by atoms with Crippen LogP contribution in [0.5, 0.6) is 17.2 Å². The molecule has 6 nitrogen and oxygen atoms in total. The lowest BCUT2D eigenvalue weighted by molar-refractivity contribution is 0.138. The molecule has 3 heterocycles. The van der Waals surface area contributed by atoms with Gasteiger partial charge in [0, 0.05) is 18.7 Å². The average molecular weight is 441 g/mol. The Bertz CT molecular complexity index is 1100. The summed E-state index contributed by atoms with van der Waals surface area (Å²) in [6.07, 6.45) is 3.51. The molecular formula is C24H25ClN2O4. The second-order valence-electron chi connectivity index (χ2n) is 7.97. The number of ether oxygens (including phenoxy) is 3. The number of halogens is 1. The number of fused-ring (bicyclic) bond motifs is 1. The van der Waals surface area contributed by atoms with E-state index in [4.69, 9.17) is 35.2 Å². The third-order valence-electron chi connectivity index (χ3n) is 6.03. The van der Waals surface area contributed by atoms with Crippen molar-refractivity contribution in [3.05, 3.63) is 58.4 Å². The number of benzene rings is 2. The molecule has 1 fully saturated rings. The Morgan fingerprint density at radius 2 is 2.00 bits per heavy atom. The van der Waals surface area contributed by atoms with Crippen molar-refractivity contribution >= 4 is 11.6 Å². The molecule has 2 aliphatic rings. The van der Waals surface area contributed by atoms with Crippen molar-refractivity contribution < 1.29 is 18.6 Å². The summed E-state index contributed by atoms with van der Waals surface area (Å²) >= 11 is 6.47. The van der Waals surface area contributed by atoms with Gasteiger partial charge in [0.05, 0.1) is 23.4 Å². The molecule has 0 N–H and O–H groups in total. The van der Waals surface area contributed by atoms with Crippen molar-refractivity contribution in [3.63, 3.8) is 0 Å². The Morgan fingerprint density at radius 1 is 1.16 bits per heavy atom. The van der Waals surface area contributed by atoms with Crippen LogP contribution in [0.4, 0.5) is 0 Å². The highest BCUT2D eigenvalue weighted by molar-refractivity contribution is 6.33. The molecule has 5 rings (SSSR count). The highest BCUT2D eigenvalue weighted by Gasteiger charge is 2.27. The van der Waals surface area contributed by atoms with Gasteiger partial charge in [0.15, 0.2) is 11.5 Å². The molecule has 7 heteroatoms. The van der Waals surface area contributed by atoms with Gasteiger partial charge in [0.25, 0.3) is 0 Å². The van der Waals surface area contributed by atoms with Crippen LogP contribution in [-0.4, -0.2) is 30.3 Å². The maximum Gasteiger partial charge on any atom is 0.231 e. The molecule has 0 saturated carbocycles. The number of rotatable bonds is 5. The maximum absolute atomic E-state index is 6.47. The van der Waals surface area contributed by atoms with Crippen LogP contribution in [0.3, 0.4) is 0 Å². The van der Waals surface area contributed by atoms with Crippen molar-refractivity contribution in [1.29, 1.82) is 0 Å². The number of aromatic nitrogens is 1. The van der Waals surface area contributed by atoms with Gasteiger partial charge in [0.2, 0.25) is 12.7 Å². The maximum atomic E-state index is 6.47. The molecule has 2 aromatic carbocycles. The standard InChI is InChI=1S/C24H25ClN2O4/c1-15-20(26-24(31-15)18-11-22-23(12-19(18)25)30-14-29-22)13-27-9-4-3-8-21(27)16-6-5-7-17(10-16)28-2/h5-7,10-12,21H,3-4,8-9,13-14H2,1-2H3/t21-/m0/s1. The van der Waals surface area contributed by atoms with E-state index in [1.807, 2.05) is 19.1 Å². The highest BCUT2D eigenvalue weighted by atomic mass is 35.5. The topological polar surface area (TPSA) is 57.0 Å². The van der Waals surface area contributed by atoms with Crippen molar-refractivity contribution in [3.8, 4) is 28.7 Å². The van der Waals surface area contributed by atoms with Crippen LogP contribution in [0, 0.1) is 6.92 Å². The Morgan fingerprint density at radius 3 is 2.84 bits per heavy atom. The van der Waals surface area contributed by atoms with Crippen LogP contribution in [0.15, 0.2) is 40.8 Å². The third kappa shape index (κ3) is 3.98. The first-order chi connectivity index (χ1) is 15.1. The Balaban J connectivity index is 1.41. The minimum atomic E-state index is 0.200. The molecule has 0 radical (unpaired) electrons. The van der Waals surface area contributed by atoms with Gasteiger partial charge >= 0.3 is 0 Å². The Labute approximate surface area is 186 Å². The zero-order valence-electron chi connectivity index (χ0n) is 17.7. The van der Waals surface area contributed by atoms with Crippen molar-refractivity contribution in [1.82, 2.24) is 9.88 Å². The summed E-state index contributed by atoms with van der Waals surface area (Å²) in [4.78, 5) is 7.29. The van der Waals surface area contributed by atoms with Gasteiger partial charge in [-0.05, 0) is 50.1 Å². The van der Waals surface area contributed by atoms with Crippen LogP contribution in [0.1, 0.15) is 42.3 Å². The number of likely N-dealkylation sites (tertiary alicyclic amines) is 1. The zero-order chi connectivity index (χ0) is 21.4. The fourth-order valence-electron chi connectivity index (χ4n) is 4.37. The van der Waals surface area contributed by atoms with Crippen LogP contribution in [-0.2, 0) is 6.54 Å². The molecule has 0 spiro atoms. The fourth-order valence-corrected chi connectivity index (χ4v) is 4.60. The molecule has 3 aromatic rings. The number of nitrogens with zero attached hydrogens (tertiary/aromatic N) is 2. The van der Waals surface area contributed by atoms with Gasteiger partial charge in [-0.3, -0.25) is 4.90 Å². The summed E-state index contributed by atoms with van der Waals surface area (Å²) in [5, 5.41) is 0.532. The molecule has 162 valence electrons. The van der Waals surface area contributed by atoms with E-state index in [1.165, 1.54) is 18.4 Å². The second-order valence-corrected chi connectivity index (χ2v) is 8.37. The summed E-state index contributed by atoms with van der Waals surface area (Å²) in [6, 6.07) is 12.3. The Kier molecular flexibility index (Phi) is 5.50. The smallest absolute Gasteiger partial charge is 0.231 e. The number of piperidine rings is 1. The average Bonchev–Trinajstić information content (AvgIpc) is 3.39. The van der Waals surface area contributed by atoms with Gasteiger partial charge in [-0.15, -0.1) is 0 Å². The SMILES string of the molecule is COc1cccc([C@@H]2CCCCN2Cc2nc(-c3cc4c(cc3Cl)OCO4)oc2C)c1. The summed E-state index contributed by atoms with van der Waals surface area (Å²) < 4.78 is 22.3. The molecule has 1 atom stereocenters. The normalized spacial score (nSPS) is 18.4. The van der Waals surface area contributed by atoms with Crippen LogP contribution >= 0.6 is 11.6 Å². The Hall–Kier alpha value is -2.70. The number of hydrogen-bond donors (Lipinski definition) is 0. The van der Waals surface area contributed by atoms with E-state index in [2.05, 4.69) is 23.1 Å². The summed E-state index contributed by atoms with van der Waals surface area (Å²) in [7, 11) is 1.71. The largest absolute Gasteiger partial charge is 0.497 e. The first-order valence-corrected chi connectivity index (χ1v) is 10.9. The van der Waals surface area contributed by atoms with Crippen LogP contribution < -0.4 is 14.2 Å². The summed E-state index contributed by atoms with van der Waals surface area (Å²) in [5.74, 6) is 3.50. The molecule has 0 aliphatic carbocycles. The van der Waals surface area contributed by atoms with E-state index in [0.29, 0.717) is 34.0 Å². The van der Waals surface area contributed by atoms with Crippen molar-refractivity contribution in [2.75, 3.05) is 20.4 Å². The molecule has 1 aromatic heterocycles. The fraction of sp³-hybridized carbons (Fsp3) is 0.375. The monoisotopic (exact) mass is 440 g/mol. The third-order valence-corrected chi connectivity index (χ3v) is 6.34. The zero-order valence-corrected chi connectivity index (χ0v) is 18.4. The van der Waals surface area contributed by atoms with E-state index in [1.54, 1.807) is 13.2 Å². The highest BCUT2D eigenvalue weighted by Crippen LogP contribution is 2.41. The summed E-state index contributed by atoms with van der Waals surface area (Å²) in [6.45, 7) is 3.90. The van der Waals surface area contributed by atoms with Gasteiger partial charge in [-0.25, -0.2) is 4.98 Å². The quantitative estimate of drug-likeness (QED) is 0.502. The van der Waals surface area contributed by atoms with E-state index in [9.17, 15) is 0 Å². The van der Waals surface area contributed by atoms with E-state index in [-0.39, 0.29) is 6.79 Å². The molecule has 1 saturated heterocycles. The number of hydrogen-bond acceptors (Lipinski definition) is 6. The minimum absolute atomic E-state index is 0.200. The number of aryl methyl sites for hydroxylation is 1. The lowest BCUT2D eigenvalue weighted by Gasteiger charge is -2.35. The molecule has 31 heavy (non-hydrogen) atoms. The molecule has 0 amide bonds. The molecule has 0 bridgehead atoms. The van der Waals surface area contributed by atoms with Gasteiger partial charge in [0.1, 0.15) is 11.5 Å². The minimum Gasteiger partial charge on any atom is -0.497 e. The van der Waals surface area contributed by atoms with E-state index >= 15 is 0 Å². The lowest BCUT2D eigenvalue weighted by Crippen LogP contribution is -2.33. The van der Waals surface area contributed by atoms with Crippen molar-refractivity contribution in [2.45, 2.75) is 38.8 Å². The van der Waals surface area contributed by atoms with Crippen LogP contribution in [0.2, 0.25) is 5.02 Å². The number of oxazole rings is 1. The molecule has 2 aliphatic heterocycles. The van der Waals surface area contributed by atoms with Gasteiger partial charge < -0.3 is 18.6 Å². The summed E-state index contributed by atoms with van der Waals surface area (Å²) in [5.41, 5.74) is 2.92. The molecular weight excluding hydrogens is 416 g/mol. The first kappa shape index (κ1) is 20.2.